The quantitative estimate of drug-likeness (QED) is 0.194. The Morgan fingerprint density at radius 3 is 1.97 bits per heavy atom. The Kier molecular flexibility index (Phi) is 6.78. The monoisotopic (exact) mass is 470 g/mol. The lowest BCUT2D eigenvalue weighted by atomic mass is 9.99. The summed E-state index contributed by atoms with van der Waals surface area (Å²) in [4.78, 5) is 35.5. The second kappa shape index (κ2) is 10.1. The third kappa shape index (κ3) is 5.14. The lowest BCUT2D eigenvalue weighted by Crippen LogP contribution is -2.12. The number of benzene rings is 3. The van der Waals surface area contributed by atoms with Crippen molar-refractivity contribution in [2.75, 3.05) is 6.61 Å². The zero-order chi connectivity index (χ0) is 24.9. The summed E-state index contributed by atoms with van der Waals surface area (Å²) in [5, 5.41) is 0. The van der Waals surface area contributed by atoms with Gasteiger partial charge < -0.3 is 18.9 Å². The highest BCUT2D eigenvalue weighted by atomic mass is 16.6. The van der Waals surface area contributed by atoms with Crippen LogP contribution < -0.4 is 14.2 Å². The summed E-state index contributed by atoms with van der Waals surface area (Å²) in [6.07, 6.45) is 2.15. The van der Waals surface area contributed by atoms with Crippen LogP contribution in [0.25, 0.3) is 11.1 Å². The number of carbonyl (C=O) groups excluding carboxylic acids is 3. The molecule has 0 bridgehead atoms. The maximum Gasteiger partial charge on any atom is 0.348 e. The molecule has 0 aromatic heterocycles. The summed E-state index contributed by atoms with van der Waals surface area (Å²) in [7, 11) is 0. The van der Waals surface area contributed by atoms with Gasteiger partial charge in [0.1, 0.15) is 17.2 Å². The molecule has 0 saturated carbocycles. The van der Waals surface area contributed by atoms with Crippen LogP contribution in [-0.4, -0.2) is 24.5 Å². The molecule has 0 saturated heterocycles. The minimum absolute atomic E-state index is 0.0187. The Morgan fingerprint density at radius 2 is 1.40 bits per heavy atom. The van der Waals surface area contributed by atoms with Crippen LogP contribution in [0.4, 0.5) is 0 Å². The van der Waals surface area contributed by atoms with E-state index in [9.17, 15) is 14.4 Å². The van der Waals surface area contributed by atoms with Gasteiger partial charge in [-0.15, -0.1) is 0 Å². The average molecular weight is 470 g/mol. The van der Waals surface area contributed by atoms with Gasteiger partial charge >= 0.3 is 17.9 Å². The Morgan fingerprint density at radius 1 is 0.829 bits per heavy atom. The Hall–Kier alpha value is -4.65. The smallest absolute Gasteiger partial charge is 0.348 e. The van der Waals surface area contributed by atoms with Crippen molar-refractivity contribution < 1.29 is 33.3 Å². The molecule has 0 amide bonds. The van der Waals surface area contributed by atoms with E-state index >= 15 is 0 Å². The van der Waals surface area contributed by atoms with E-state index in [4.69, 9.17) is 14.2 Å². The van der Waals surface area contributed by atoms with Crippen LogP contribution in [0.15, 0.2) is 86.2 Å². The van der Waals surface area contributed by atoms with E-state index in [1.54, 1.807) is 36.4 Å². The van der Waals surface area contributed by atoms with Crippen LogP contribution in [0.5, 0.6) is 17.2 Å². The number of rotatable bonds is 8. The molecule has 7 heteroatoms. The molecule has 0 radical (unpaired) electrons. The summed E-state index contributed by atoms with van der Waals surface area (Å²) in [6, 6.07) is 17.2. The predicted octanol–water partition coefficient (Wildman–Crippen LogP) is 5.19. The number of hydrogen-bond donors (Lipinski definition) is 0. The van der Waals surface area contributed by atoms with Crippen LogP contribution in [0.2, 0.25) is 0 Å². The molecule has 0 N–H and O–H groups in total. The van der Waals surface area contributed by atoms with Crippen molar-refractivity contribution in [2.45, 2.75) is 12.8 Å². The fourth-order valence-electron chi connectivity index (χ4n) is 3.86. The Bertz CT molecular complexity index is 1320. The molecule has 1 atom stereocenters. The van der Waals surface area contributed by atoms with Crippen molar-refractivity contribution in [2.24, 2.45) is 0 Å². The number of hydrogen-bond acceptors (Lipinski definition) is 7. The average Bonchev–Trinajstić information content (AvgIpc) is 3.14. The number of esters is 3. The van der Waals surface area contributed by atoms with Gasteiger partial charge in [-0.1, -0.05) is 32.2 Å². The molecule has 0 spiro atoms. The van der Waals surface area contributed by atoms with Gasteiger partial charge in [-0.3, -0.25) is 0 Å². The standard InChI is InChI=1S/C28H22O7/c1-4-26(29)34-20-10-12-22-23-13-11-21(15-25(23)17(3)24(22)14-20)35-28(31)18-6-8-19(9-7-18)33-16-27(30)32-5-2/h4-15,17H,1-2,16H2,3H3. The van der Waals surface area contributed by atoms with Crippen molar-refractivity contribution in [1.82, 2.24) is 0 Å². The molecule has 35 heavy (non-hydrogen) atoms. The summed E-state index contributed by atoms with van der Waals surface area (Å²) in [5.41, 5.74) is 4.43. The number of ether oxygens (including phenoxy) is 4. The molecule has 176 valence electrons. The fourth-order valence-corrected chi connectivity index (χ4v) is 3.86. The predicted molar refractivity (Wildman–Crippen MR) is 128 cm³/mol. The summed E-state index contributed by atoms with van der Waals surface area (Å²) in [6.45, 7) is 8.48. The topological polar surface area (TPSA) is 88.1 Å². The van der Waals surface area contributed by atoms with Gasteiger partial charge in [0.25, 0.3) is 0 Å². The SMILES string of the molecule is C=COC(=O)COc1ccc(C(=O)Oc2ccc3c(c2)C(C)c2cc(OC(=O)C=C)ccc2-3)cc1. The number of carbonyl (C=O) groups is 3. The molecule has 1 aliphatic rings. The van der Waals surface area contributed by atoms with Gasteiger partial charge in [0.2, 0.25) is 0 Å². The molecule has 7 nitrogen and oxygen atoms in total. The van der Waals surface area contributed by atoms with Crippen LogP contribution in [0.3, 0.4) is 0 Å². The first-order chi connectivity index (χ1) is 16.9. The van der Waals surface area contributed by atoms with Crippen molar-refractivity contribution in [3.05, 3.63) is 103 Å². The highest BCUT2D eigenvalue weighted by Crippen LogP contribution is 2.47. The second-order valence-corrected chi connectivity index (χ2v) is 7.70. The second-order valence-electron chi connectivity index (χ2n) is 7.70. The molecule has 1 aliphatic carbocycles. The maximum atomic E-state index is 12.6. The van der Waals surface area contributed by atoms with E-state index in [0.29, 0.717) is 22.8 Å². The first-order valence-corrected chi connectivity index (χ1v) is 10.8. The van der Waals surface area contributed by atoms with Crippen molar-refractivity contribution in [3.8, 4) is 28.4 Å². The van der Waals surface area contributed by atoms with Crippen LogP contribution >= 0.6 is 0 Å². The molecule has 0 fully saturated rings. The molecular weight excluding hydrogens is 448 g/mol. The molecule has 3 aromatic rings. The Balaban J connectivity index is 1.45. The van der Waals surface area contributed by atoms with Crippen LogP contribution in [0, 0.1) is 0 Å². The zero-order valence-corrected chi connectivity index (χ0v) is 19.0. The van der Waals surface area contributed by atoms with E-state index in [2.05, 4.69) is 17.9 Å². The number of fused-ring (bicyclic) bond motifs is 3. The maximum absolute atomic E-state index is 12.6. The highest BCUT2D eigenvalue weighted by Gasteiger charge is 2.27. The van der Waals surface area contributed by atoms with E-state index < -0.39 is 17.9 Å². The van der Waals surface area contributed by atoms with Gasteiger partial charge in [0.05, 0.1) is 11.8 Å². The Labute approximate surface area is 202 Å². The first-order valence-electron chi connectivity index (χ1n) is 10.8. The summed E-state index contributed by atoms with van der Waals surface area (Å²) < 4.78 is 20.7. The minimum atomic E-state index is -0.578. The van der Waals surface area contributed by atoms with Crippen molar-refractivity contribution in [1.29, 1.82) is 0 Å². The van der Waals surface area contributed by atoms with E-state index in [0.717, 1.165) is 34.6 Å². The van der Waals surface area contributed by atoms with E-state index in [-0.39, 0.29) is 12.5 Å². The van der Waals surface area contributed by atoms with Crippen molar-refractivity contribution in [3.63, 3.8) is 0 Å². The van der Waals surface area contributed by atoms with E-state index in [1.807, 2.05) is 31.2 Å². The van der Waals surface area contributed by atoms with Gasteiger partial charge in [-0.25, -0.2) is 14.4 Å². The fraction of sp³-hybridized carbons (Fsp3) is 0.107. The van der Waals surface area contributed by atoms with Gasteiger partial charge in [0.15, 0.2) is 6.61 Å². The normalized spacial score (nSPS) is 13.1. The molecular formula is C28H22O7. The van der Waals surface area contributed by atoms with Crippen LogP contribution in [-0.2, 0) is 14.3 Å². The zero-order valence-electron chi connectivity index (χ0n) is 19.0. The van der Waals surface area contributed by atoms with Crippen LogP contribution in [0.1, 0.15) is 34.3 Å². The largest absolute Gasteiger partial charge is 0.482 e. The third-order valence-corrected chi connectivity index (χ3v) is 5.53. The molecule has 1 unspecified atom stereocenters. The third-order valence-electron chi connectivity index (χ3n) is 5.53. The first kappa shape index (κ1) is 23.5. The van der Waals surface area contributed by atoms with Gasteiger partial charge in [-0.2, -0.15) is 0 Å². The van der Waals surface area contributed by atoms with Gasteiger partial charge in [0, 0.05) is 12.0 Å². The molecule has 0 heterocycles. The molecule has 0 aliphatic heterocycles. The van der Waals surface area contributed by atoms with Crippen molar-refractivity contribution >= 4 is 17.9 Å². The lowest BCUT2D eigenvalue weighted by Gasteiger charge is -2.10. The molecule has 4 rings (SSSR count). The summed E-state index contributed by atoms with van der Waals surface area (Å²) in [5.74, 6) is -0.328. The van der Waals surface area contributed by atoms with E-state index in [1.165, 1.54) is 0 Å². The minimum Gasteiger partial charge on any atom is -0.482 e. The highest BCUT2D eigenvalue weighted by molar-refractivity contribution is 5.91. The lowest BCUT2D eigenvalue weighted by molar-refractivity contribution is -0.140. The molecule has 3 aromatic carbocycles. The van der Waals surface area contributed by atoms with Gasteiger partial charge in [-0.05, 0) is 70.8 Å². The summed E-state index contributed by atoms with van der Waals surface area (Å²) >= 11 is 0.